The fourth-order valence-corrected chi connectivity index (χ4v) is 4.85. The zero-order chi connectivity index (χ0) is 23.7. The van der Waals surface area contributed by atoms with E-state index >= 15 is 0 Å². The molecule has 0 spiro atoms. The molecular weight excluding hydrogens is 426 g/mol. The van der Waals surface area contributed by atoms with Gasteiger partial charge in [-0.05, 0) is 61.9 Å². The number of benzene rings is 2. The van der Waals surface area contributed by atoms with Gasteiger partial charge in [0.25, 0.3) is 5.56 Å². The van der Waals surface area contributed by atoms with E-state index in [1.54, 1.807) is 6.07 Å². The molecule has 3 aromatic rings. The number of carbonyl (C=O) groups excluding carboxylic acids is 1. The number of hydrogen-bond donors (Lipinski definition) is 1. The van der Waals surface area contributed by atoms with E-state index in [9.17, 15) is 14.9 Å². The second-order valence-electron chi connectivity index (χ2n) is 9.35. The molecule has 34 heavy (non-hydrogen) atoms. The van der Waals surface area contributed by atoms with Crippen molar-refractivity contribution in [2.75, 3.05) is 23.3 Å². The van der Waals surface area contributed by atoms with Crippen LogP contribution in [0.5, 0.6) is 0 Å². The maximum absolute atomic E-state index is 13.5. The molecule has 174 valence electrons. The summed E-state index contributed by atoms with van der Waals surface area (Å²) >= 11 is 0. The summed E-state index contributed by atoms with van der Waals surface area (Å²) in [7, 11) is 0. The predicted octanol–water partition coefficient (Wildman–Crippen LogP) is 4.10. The van der Waals surface area contributed by atoms with Gasteiger partial charge in [0.15, 0.2) is 0 Å². The topological polar surface area (TPSA) is 91.0 Å². The third-order valence-corrected chi connectivity index (χ3v) is 6.99. The number of aromatic nitrogens is 2. The first-order valence-electron chi connectivity index (χ1n) is 12.2. The first-order chi connectivity index (χ1) is 16.6. The average molecular weight is 456 g/mol. The van der Waals surface area contributed by atoms with Crippen molar-refractivity contribution in [1.29, 1.82) is 5.26 Å². The van der Waals surface area contributed by atoms with Crippen LogP contribution in [0.15, 0.2) is 47.3 Å². The summed E-state index contributed by atoms with van der Waals surface area (Å²) in [4.78, 5) is 32.7. The van der Waals surface area contributed by atoms with Gasteiger partial charge in [0.05, 0.1) is 22.2 Å². The molecule has 7 nitrogen and oxygen atoms in total. The Labute approximate surface area is 199 Å². The highest BCUT2D eigenvalue weighted by Crippen LogP contribution is 2.30. The molecule has 0 atom stereocenters. The molecule has 5 rings (SSSR count). The molecule has 1 N–H and O–H groups in total. The number of amides is 1. The summed E-state index contributed by atoms with van der Waals surface area (Å²) in [5.74, 6) is 1.30. The van der Waals surface area contributed by atoms with Gasteiger partial charge in [-0.3, -0.25) is 14.2 Å². The van der Waals surface area contributed by atoms with Crippen LogP contribution in [0.25, 0.3) is 10.9 Å². The summed E-state index contributed by atoms with van der Waals surface area (Å²) in [5.41, 5.74) is 2.98. The molecule has 2 aromatic carbocycles. The van der Waals surface area contributed by atoms with Crippen molar-refractivity contribution in [3.63, 3.8) is 0 Å². The average Bonchev–Trinajstić information content (AvgIpc) is 3.72. The van der Waals surface area contributed by atoms with Crippen LogP contribution in [0, 0.1) is 23.2 Å². The summed E-state index contributed by atoms with van der Waals surface area (Å²) < 4.78 is 1.83. The van der Waals surface area contributed by atoms with Crippen LogP contribution in [-0.2, 0) is 17.8 Å². The molecule has 1 aromatic heterocycles. The largest absolute Gasteiger partial charge is 0.370 e. The lowest BCUT2D eigenvalue weighted by molar-refractivity contribution is -0.117. The SMILES string of the molecule is CCc1nc2ccc(NC(=O)C3CC3)cc2c(=O)n1CC1CCN(c2ccccc2C#N)CC1. The van der Waals surface area contributed by atoms with Crippen molar-refractivity contribution in [3.8, 4) is 6.07 Å². The van der Waals surface area contributed by atoms with E-state index in [-0.39, 0.29) is 17.4 Å². The van der Waals surface area contributed by atoms with Gasteiger partial charge in [-0.1, -0.05) is 19.1 Å². The van der Waals surface area contributed by atoms with Crippen molar-refractivity contribution in [1.82, 2.24) is 9.55 Å². The van der Waals surface area contributed by atoms with Gasteiger partial charge in [0, 0.05) is 37.7 Å². The molecule has 1 saturated heterocycles. The molecule has 1 saturated carbocycles. The molecule has 0 radical (unpaired) electrons. The molecule has 1 amide bonds. The number of anilines is 2. The quantitative estimate of drug-likeness (QED) is 0.604. The predicted molar refractivity (Wildman–Crippen MR) is 133 cm³/mol. The lowest BCUT2D eigenvalue weighted by Gasteiger charge is -2.34. The second-order valence-corrected chi connectivity index (χ2v) is 9.35. The molecule has 7 heteroatoms. The highest BCUT2D eigenvalue weighted by molar-refractivity contribution is 5.96. The van der Waals surface area contributed by atoms with Crippen LogP contribution in [0.3, 0.4) is 0 Å². The molecule has 0 unspecified atom stereocenters. The molecule has 2 fully saturated rings. The van der Waals surface area contributed by atoms with Crippen molar-refractivity contribution in [2.24, 2.45) is 11.8 Å². The molecular formula is C27H29N5O2. The zero-order valence-electron chi connectivity index (χ0n) is 19.5. The lowest BCUT2D eigenvalue weighted by Crippen LogP contribution is -2.37. The summed E-state index contributed by atoms with van der Waals surface area (Å²) in [6.07, 6.45) is 4.46. The van der Waals surface area contributed by atoms with Crippen LogP contribution >= 0.6 is 0 Å². The summed E-state index contributed by atoms with van der Waals surface area (Å²) in [6.45, 7) is 4.38. The number of nitrogens with one attached hydrogen (secondary N) is 1. The van der Waals surface area contributed by atoms with E-state index in [1.165, 1.54) is 0 Å². The van der Waals surface area contributed by atoms with Gasteiger partial charge >= 0.3 is 0 Å². The van der Waals surface area contributed by atoms with Crippen LogP contribution in [-0.4, -0.2) is 28.5 Å². The van der Waals surface area contributed by atoms with Crippen molar-refractivity contribution < 1.29 is 4.79 Å². The molecule has 1 aliphatic heterocycles. The van der Waals surface area contributed by atoms with Gasteiger partial charge < -0.3 is 10.2 Å². The summed E-state index contributed by atoms with van der Waals surface area (Å²) in [6, 6.07) is 15.4. The van der Waals surface area contributed by atoms with Crippen LogP contribution in [0.4, 0.5) is 11.4 Å². The van der Waals surface area contributed by atoms with Gasteiger partial charge in [0.1, 0.15) is 11.9 Å². The Hall–Kier alpha value is -3.66. The number of rotatable bonds is 6. The highest BCUT2D eigenvalue weighted by Gasteiger charge is 2.29. The number of nitrogens with zero attached hydrogens (tertiary/aromatic N) is 4. The van der Waals surface area contributed by atoms with E-state index in [4.69, 9.17) is 4.98 Å². The molecule has 2 aliphatic rings. The van der Waals surface area contributed by atoms with Crippen molar-refractivity contribution in [2.45, 2.75) is 45.6 Å². The first kappa shape index (κ1) is 22.1. The van der Waals surface area contributed by atoms with E-state index in [1.807, 2.05) is 47.9 Å². The second kappa shape index (κ2) is 9.30. The molecule has 0 bridgehead atoms. The first-order valence-corrected chi connectivity index (χ1v) is 12.2. The van der Waals surface area contributed by atoms with Crippen molar-refractivity contribution in [3.05, 3.63) is 64.2 Å². The number of hydrogen-bond acceptors (Lipinski definition) is 5. The third kappa shape index (κ3) is 4.41. The Kier molecular flexibility index (Phi) is 6.06. The van der Waals surface area contributed by atoms with Gasteiger partial charge in [-0.15, -0.1) is 0 Å². The molecule has 1 aliphatic carbocycles. The minimum atomic E-state index is -0.0402. The Balaban J connectivity index is 1.35. The summed E-state index contributed by atoms with van der Waals surface area (Å²) in [5, 5.41) is 12.9. The molecule has 2 heterocycles. The number of carbonyl (C=O) groups is 1. The Bertz CT molecular complexity index is 1330. The maximum atomic E-state index is 13.5. The fraction of sp³-hybridized carbons (Fsp3) is 0.407. The standard InChI is InChI=1S/C27H29N5O2/c1-2-25-30-23-10-9-21(29-26(33)19-7-8-19)15-22(23)27(34)32(25)17-18-11-13-31(14-12-18)24-6-4-3-5-20(24)16-28/h3-6,9-10,15,18-19H,2,7-8,11-14,17H2,1H3,(H,29,33). The van der Waals surface area contributed by atoms with Crippen LogP contribution in [0.1, 0.15) is 44.0 Å². The van der Waals surface area contributed by atoms with E-state index < -0.39 is 0 Å². The zero-order valence-corrected chi connectivity index (χ0v) is 19.5. The number of aryl methyl sites for hydroxylation is 1. The van der Waals surface area contributed by atoms with E-state index in [0.717, 1.165) is 50.3 Å². The highest BCUT2D eigenvalue weighted by atomic mass is 16.2. The van der Waals surface area contributed by atoms with Gasteiger partial charge in [0.2, 0.25) is 5.91 Å². The minimum absolute atomic E-state index is 0.0301. The lowest BCUT2D eigenvalue weighted by atomic mass is 9.95. The normalized spacial score (nSPS) is 16.4. The number of piperidine rings is 1. The van der Waals surface area contributed by atoms with Crippen LogP contribution < -0.4 is 15.8 Å². The Morgan fingerprint density at radius 2 is 1.91 bits per heavy atom. The Morgan fingerprint density at radius 1 is 1.15 bits per heavy atom. The van der Waals surface area contributed by atoms with E-state index in [2.05, 4.69) is 16.3 Å². The monoisotopic (exact) mass is 455 g/mol. The number of nitriles is 1. The van der Waals surface area contributed by atoms with Crippen molar-refractivity contribution >= 4 is 28.2 Å². The fourth-order valence-electron chi connectivity index (χ4n) is 4.85. The van der Waals surface area contributed by atoms with E-state index in [0.29, 0.717) is 41.0 Å². The Morgan fingerprint density at radius 3 is 2.62 bits per heavy atom. The maximum Gasteiger partial charge on any atom is 0.261 e. The minimum Gasteiger partial charge on any atom is -0.370 e. The smallest absolute Gasteiger partial charge is 0.261 e. The van der Waals surface area contributed by atoms with Gasteiger partial charge in [-0.25, -0.2) is 4.98 Å². The van der Waals surface area contributed by atoms with Gasteiger partial charge in [-0.2, -0.15) is 5.26 Å². The number of para-hydroxylation sites is 1. The van der Waals surface area contributed by atoms with Crippen LogP contribution in [0.2, 0.25) is 0 Å². The number of fused-ring (bicyclic) bond motifs is 1. The third-order valence-electron chi connectivity index (χ3n) is 6.99.